The topological polar surface area (TPSA) is 54.3 Å². The van der Waals surface area contributed by atoms with Crippen LogP contribution in [0.1, 0.15) is 29.6 Å². The molecule has 0 aromatic carbocycles. The number of amides is 1. The summed E-state index contributed by atoms with van der Waals surface area (Å²) in [6.07, 6.45) is 4.94. The van der Waals surface area contributed by atoms with Crippen molar-refractivity contribution < 1.29 is 4.79 Å². The summed E-state index contributed by atoms with van der Waals surface area (Å²) in [5, 5.41) is 3.17. The summed E-state index contributed by atoms with van der Waals surface area (Å²) in [5.41, 5.74) is 0.507. The SMILES string of the molecule is CNCCC1CCN(C(=O)c2ccc(=O)n(C)c2)CC1.Cl. The maximum absolute atomic E-state index is 12.4. The quantitative estimate of drug-likeness (QED) is 0.911. The van der Waals surface area contributed by atoms with Gasteiger partial charge in [-0.05, 0) is 44.8 Å². The smallest absolute Gasteiger partial charge is 0.255 e. The molecule has 0 spiro atoms. The lowest BCUT2D eigenvalue weighted by Crippen LogP contribution is -2.39. The predicted octanol–water partition coefficient (Wildman–Crippen LogP) is 1.27. The van der Waals surface area contributed by atoms with Gasteiger partial charge in [0.1, 0.15) is 0 Å². The van der Waals surface area contributed by atoms with E-state index in [9.17, 15) is 9.59 Å². The van der Waals surface area contributed by atoms with Gasteiger partial charge in [0.05, 0.1) is 5.56 Å². The van der Waals surface area contributed by atoms with Crippen molar-refractivity contribution in [1.29, 1.82) is 0 Å². The van der Waals surface area contributed by atoms with E-state index in [0.717, 1.165) is 32.5 Å². The van der Waals surface area contributed by atoms with Crippen molar-refractivity contribution in [2.75, 3.05) is 26.7 Å². The number of likely N-dealkylation sites (tertiary alicyclic amines) is 1. The normalized spacial score (nSPS) is 15.6. The predicted molar refractivity (Wildman–Crippen MR) is 86.1 cm³/mol. The third kappa shape index (κ3) is 4.58. The lowest BCUT2D eigenvalue weighted by atomic mass is 9.93. The van der Waals surface area contributed by atoms with Gasteiger partial charge in [0, 0.05) is 32.4 Å². The molecule has 6 heteroatoms. The van der Waals surface area contributed by atoms with Crippen LogP contribution in [0.5, 0.6) is 0 Å². The van der Waals surface area contributed by atoms with Crippen LogP contribution in [0.2, 0.25) is 0 Å². The van der Waals surface area contributed by atoms with Gasteiger partial charge in [-0.3, -0.25) is 9.59 Å². The van der Waals surface area contributed by atoms with Crippen LogP contribution in [0.4, 0.5) is 0 Å². The zero-order valence-electron chi connectivity index (χ0n) is 12.7. The van der Waals surface area contributed by atoms with E-state index in [1.165, 1.54) is 17.1 Å². The molecule has 1 aromatic rings. The first-order valence-corrected chi connectivity index (χ1v) is 7.22. The van der Waals surface area contributed by atoms with Crippen molar-refractivity contribution in [3.63, 3.8) is 0 Å². The molecule has 1 N–H and O–H groups in total. The molecule has 0 unspecified atom stereocenters. The largest absolute Gasteiger partial charge is 0.339 e. The summed E-state index contributed by atoms with van der Waals surface area (Å²) in [6, 6.07) is 3.07. The summed E-state index contributed by atoms with van der Waals surface area (Å²) in [5.74, 6) is 0.749. The number of carbonyl (C=O) groups is 1. The Morgan fingerprint density at radius 1 is 1.33 bits per heavy atom. The minimum atomic E-state index is -0.0904. The molecule has 1 saturated heterocycles. The molecular formula is C15H24ClN3O2. The second-order valence-corrected chi connectivity index (χ2v) is 5.49. The molecule has 1 aromatic heterocycles. The molecule has 21 heavy (non-hydrogen) atoms. The average Bonchev–Trinajstić information content (AvgIpc) is 2.48. The number of pyridine rings is 1. The molecule has 2 rings (SSSR count). The van der Waals surface area contributed by atoms with Gasteiger partial charge < -0.3 is 14.8 Å². The van der Waals surface area contributed by atoms with Gasteiger partial charge >= 0.3 is 0 Å². The second-order valence-electron chi connectivity index (χ2n) is 5.49. The summed E-state index contributed by atoms with van der Waals surface area (Å²) in [4.78, 5) is 25.6. The Morgan fingerprint density at radius 2 is 2.00 bits per heavy atom. The number of carbonyl (C=O) groups excluding carboxylic acids is 1. The first kappa shape index (κ1) is 17.7. The van der Waals surface area contributed by atoms with E-state index in [1.54, 1.807) is 19.3 Å². The zero-order chi connectivity index (χ0) is 14.5. The first-order chi connectivity index (χ1) is 9.61. The molecule has 118 valence electrons. The van der Waals surface area contributed by atoms with Crippen LogP contribution < -0.4 is 10.9 Å². The number of aryl methyl sites for hydroxylation is 1. The van der Waals surface area contributed by atoms with Gasteiger partial charge in [-0.15, -0.1) is 12.4 Å². The number of aromatic nitrogens is 1. The summed E-state index contributed by atoms with van der Waals surface area (Å²) in [7, 11) is 3.64. The molecule has 1 amide bonds. The van der Waals surface area contributed by atoms with Crippen LogP contribution in [-0.4, -0.2) is 42.1 Å². The fourth-order valence-corrected chi connectivity index (χ4v) is 2.68. The van der Waals surface area contributed by atoms with E-state index in [4.69, 9.17) is 0 Å². The van der Waals surface area contributed by atoms with E-state index in [0.29, 0.717) is 11.5 Å². The van der Waals surface area contributed by atoms with Gasteiger partial charge in [-0.2, -0.15) is 0 Å². The first-order valence-electron chi connectivity index (χ1n) is 7.22. The molecule has 1 aliphatic rings. The van der Waals surface area contributed by atoms with Crippen LogP contribution in [0.3, 0.4) is 0 Å². The number of nitrogens with zero attached hydrogens (tertiary/aromatic N) is 2. The molecule has 1 aliphatic heterocycles. The number of halogens is 1. The fourth-order valence-electron chi connectivity index (χ4n) is 2.68. The lowest BCUT2D eigenvalue weighted by Gasteiger charge is -2.32. The van der Waals surface area contributed by atoms with Crippen LogP contribution >= 0.6 is 12.4 Å². The molecule has 0 radical (unpaired) electrons. The van der Waals surface area contributed by atoms with E-state index in [1.807, 2.05) is 11.9 Å². The van der Waals surface area contributed by atoms with Crippen molar-refractivity contribution in [3.05, 3.63) is 34.2 Å². The highest BCUT2D eigenvalue weighted by atomic mass is 35.5. The van der Waals surface area contributed by atoms with Gasteiger partial charge in [-0.25, -0.2) is 0 Å². The van der Waals surface area contributed by atoms with E-state index in [2.05, 4.69) is 5.32 Å². The van der Waals surface area contributed by atoms with Crippen LogP contribution in [0.15, 0.2) is 23.1 Å². The van der Waals surface area contributed by atoms with Gasteiger partial charge in [0.2, 0.25) is 5.56 Å². The molecule has 0 bridgehead atoms. The molecule has 2 heterocycles. The Balaban J connectivity index is 0.00000220. The maximum atomic E-state index is 12.4. The van der Waals surface area contributed by atoms with Gasteiger partial charge in [-0.1, -0.05) is 0 Å². The van der Waals surface area contributed by atoms with E-state index < -0.39 is 0 Å². The highest BCUT2D eigenvalue weighted by molar-refractivity contribution is 5.93. The highest BCUT2D eigenvalue weighted by Crippen LogP contribution is 2.21. The van der Waals surface area contributed by atoms with Crippen LogP contribution in [-0.2, 0) is 7.05 Å². The van der Waals surface area contributed by atoms with Crippen molar-refractivity contribution in [1.82, 2.24) is 14.8 Å². The Labute approximate surface area is 131 Å². The van der Waals surface area contributed by atoms with Gasteiger partial charge in [0.25, 0.3) is 5.91 Å². The highest BCUT2D eigenvalue weighted by Gasteiger charge is 2.23. The summed E-state index contributed by atoms with van der Waals surface area (Å²) < 4.78 is 1.45. The Morgan fingerprint density at radius 3 is 2.57 bits per heavy atom. The lowest BCUT2D eigenvalue weighted by molar-refractivity contribution is 0.0686. The van der Waals surface area contributed by atoms with Crippen LogP contribution in [0, 0.1) is 5.92 Å². The summed E-state index contributed by atoms with van der Waals surface area (Å²) >= 11 is 0. The number of hydrogen-bond acceptors (Lipinski definition) is 3. The van der Waals surface area contributed by atoms with Crippen molar-refractivity contribution in [2.24, 2.45) is 13.0 Å². The third-order valence-corrected chi connectivity index (χ3v) is 4.04. The van der Waals surface area contributed by atoms with E-state index in [-0.39, 0.29) is 23.9 Å². The minimum absolute atomic E-state index is 0. The molecule has 0 atom stereocenters. The standard InChI is InChI=1S/C15H23N3O2.ClH/c1-16-8-5-12-6-9-18(10-7-12)15(20)13-3-4-14(19)17(2)11-13;/h3-4,11-12,16H,5-10H2,1-2H3;1H. The maximum Gasteiger partial charge on any atom is 0.255 e. The second kappa shape index (κ2) is 8.20. The van der Waals surface area contributed by atoms with Crippen LogP contribution in [0.25, 0.3) is 0 Å². The third-order valence-electron chi connectivity index (χ3n) is 4.04. The molecule has 1 fully saturated rings. The Bertz CT molecular complexity index is 522. The molecular weight excluding hydrogens is 290 g/mol. The Hall–Kier alpha value is -1.33. The Kier molecular flexibility index (Phi) is 6.92. The zero-order valence-corrected chi connectivity index (χ0v) is 13.5. The molecule has 5 nitrogen and oxygen atoms in total. The van der Waals surface area contributed by atoms with Crippen molar-refractivity contribution in [3.8, 4) is 0 Å². The molecule has 0 aliphatic carbocycles. The van der Waals surface area contributed by atoms with Gasteiger partial charge in [0.15, 0.2) is 0 Å². The van der Waals surface area contributed by atoms with E-state index >= 15 is 0 Å². The number of piperidine rings is 1. The monoisotopic (exact) mass is 313 g/mol. The van der Waals surface area contributed by atoms with Crippen molar-refractivity contribution in [2.45, 2.75) is 19.3 Å². The number of hydrogen-bond donors (Lipinski definition) is 1. The minimum Gasteiger partial charge on any atom is -0.339 e. The number of rotatable bonds is 4. The average molecular weight is 314 g/mol. The van der Waals surface area contributed by atoms with Crippen molar-refractivity contribution >= 4 is 18.3 Å². The molecule has 0 saturated carbocycles. The summed E-state index contributed by atoms with van der Waals surface area (Å²) in [6.45, 7) is 2.67. The fraction of sp³-hybridized carbons (Fsp3) is 0.600. The number of nitrogens with one attached hydrogen (secondary N) is 1.